The molecule has 0 amide bonds. The number of nitriles is 1. The molecule has 0 aliphatic rings. The molecule has 3 aromatic heterocycles. The standard InChI is InChI=1S/C21H14ClFN4O2/c1-13-19(20(22)27(25-13)16-7-5-15(23)6-8-16)21(28)29-12-14-11-26-9-3-2-4-18(26)17(14)10-24/h2-9,11H,12H2,1H3. The smallest absolute Gasteiger partial charge is 0.343 e. The minimum absolute atomic E-state index is 0.0710. The lowest BCUT2D eigenvalue weighted by molar-refractivity contribution is 0.0472. The van der Waals surface area contributed by atoms with E-state index in [2.05, 4.69) is 11.2 Å². The van der Waals surface area contributed by atoms with Gasteiger partial charge in [0, 0.05) is 18.0 Å². The molecule has 0 aliphatic heterocycles. The predicted octanol–water partition coefficient (Wildman–Crippen LogP) is 4.45. The quantitative estimate of drug-likeness (QED) is 0.467. The van der Waals surface area contributed by atoms with Gasteiger partial charge in [-0.3, -0.25) is 0 Å². The van der Waals surface area contributed by atoms with E-state index < -0.39 is 5.97 Å². The molecule has 4 aromatic rings. The molecule has 0 fully saturated rings. The lowest BCUT2D eigenvalue weighted by Gasteiger charge is -2.05. The van der Waals surface area contributed by atoms with Crippen molar-refractivity contribution < 1.29 is 13.9 Å². The summed E-state index contributed by atoms with van der Waals surface area (Å²) < 4.78 is 21.7. The molecule has 1 aromatic carbocycles. The van der Waals surface area contributed by atoms with E-state index in [0.717, 1.165) is 5.52 Å². The van der Waals surface area contributed by atoms with Crippen LogP contribution in [0.2, 0.25) is 5.15 Å². The van der Waals surface area contributed by atoms with Crippen molar-refractivity contribution in [2.24, 2.45) is 0 Å². The van der Waals surface area contributed by atoms with Crippen molar-refractivity contribution >= 4 is 23.1 Å². The fourth-order valence-electron chi connectivity index (χ4n) is 3.12. The number of esters is 1. The van der Waals surface area contributed by atoms with Gasteiger partial charge >= 0.3 is 5.97 Å². The van der Waals surface area contributed by atoms with Gasteiger partial charge in [0.05, 0.1) is 22.5 Å². The molecule has 4 rings (SSSR count). The zero-order valence-corrected chi connectivity index (χ0v) is 16.0. The first-order valence-electron chi connectivity index (χ1n) is 8.66. The van der Waals surface area contributed by atoms with Crippen molar-refractivity contribution in [2.75, 3.05) is 0 Å². The highest BCUT2D eigenvalue weighted by Crippen LogP contribution is 2.25. The van der Waals surface area contributed by atoms with Gasteiger partial charge < -0.3 is 9.14 Å². The summed E-state index contributed by atoms with van der Waals surface area (Å²) in [4.78, 5) is 12.7. The fourth-order valence-corrected chi connectivity index (χ4v) is 3.47. The highest BCUT2D eigenvalue weighted by molar-refractivity contribution is 6.33. The van der Waals surface area contributed by atoms with E-state index in [9.17, 15) is 14.4 Å². The molecule has 8 heteroatoms. The summed E-state index contributed by atoms with van der Waals surface area (Å²) in [6, 6.07) is 13.2. The van der Waals surface area contributed by atoms with Crippen LogP contribution in [0.4, 0.5) is 4.39 Å². The highest BCUT2D eigenvalue weighted by Gasteiger charge is 2.23. The average Bonchev–Trinajstić information content (AvgIpc) is 3.23. The van der Waals surface area contributed by atoms with E-state index >= 15 is 0 Å². The summed E-state index contributed by atoms with van der Waals surface area (Å²) in [5.74, 6) is -1.04. The summed E-state index contributed by atoms with van der Waals surface area (Å²) >= 11 is 6.35. The van der Waals surface area contributed by atoms with Crippen LogP contribution >= 0.6 is 11.6 Å². The second-order valence-electron chi connectivity index (χ2n) is 6.35. The van der Waals surface area contributed by atoms with E-state index in [1.54, 1.807) is 17.5 Å². The third-order valence-corrected chi connectivity index (χ3v) is 4.86. The first-order chi connectivity index (χ1) is 14.0. The van der Waals surface area contributed by atoms with Crippen LogP contribution in [0, 0.1) is 24.1 Å². The second kappa shape index (κ2) is 7.41. The van der Waals surface area contributed by atoms with Crippen LogP contribution in [0.3, 0.4) is 0 Å². The van der Waals surface area contributed by atoms with Crippen LogP contribution in [-0.2, 0) is 11.3 Å². The maximum absolute atomic E-state index is 13.2. The molecule has 0 N–H and O–H groups in total. The molecular weight excluding hydrogens is 395 g/mol. The summed E-state index contributed by atoms with van der Waals surface area (Å²) in [6.45, 7) is 1.55. The van der Waals surface area contributed by atoms with Gasteiger partial charge in [0.15, 0.2) is 0 Å². The molecule has 0 saturated heterocycles. The van der Waals surface area contributed by atoms with Crippen LogP contribution in [-0.4, -0.2) is 20.2 Å². The maximum atomic E-state index is 13.2. The topological polar surface area (TPSA) is 72.3 Å². The van der Waals surface area contributed by atoms with E-state index in [0.29, 0.717) is 22.5 Å². The van der Waals surface area contributed by atoms with Gasteiger partial charge in [0.2, 0.25) is 0 Å². The zero-order chi connectivity index (χ0) is 20.5. The molecular formula is C21H14ClFN4O2. The molecule has 29 heavy (non-hydrogen) atoms. The molecule has 6 nitrogen and oxygen atoms in total. The number of carbonyl (C=O) groups is 1. The molecule has 0 atom stereocenters. The Morgan fingerprint density at radius 2 is 2.03 bits per heavy atom. The van der Waals surface area contributed by atoms with Gasteiger partial charge in [-0.1, -0.05) is 17.7 Å². The van der Waals surface area contributed by atoms with Crippen LogP contribution in [0.15, 0.2) is 54.9 Å². The van der Waals surface area contributed by atoms with Gasteiger partial charge in [0.25, 0.3) is 0 Å². The molecule has 0 bridgehead atoms. The number of aromatic nitrogens is 3. The van der Waals surface area contributed by atoms with Crippen LogP contribution in [0.5, 0.6) is 0 Å². The lowest BCUT2D eigenvalue weighted by atomic mass is 10.2. The van der Waals surface area contributed by atoms with Crippen molar-refractivity contribution in [3.8, 4) is 11.8 Å². The third kappa shape index (κ3) is 3.35. The number of benzene rings is 1. The van der Waals surface area contributed by atoms with Crippen molar-refractivity contribution in [1.29, 1.82) is 5.26 Å². The Morgan fingerprint density at radius 3 is 2.76 bits per heavy atom. The van der Waals surface area contributed by atoms with Gasteiger partial charge in [-0.05, 0) is 43.3 Å². The summed E-state index contributed by atoms with van der Waals surface area (Å²) in [5, 5.41) is 13.8. The molecule has 0 saturated carbocycles. The van der Waals surface area contributed by atoms with Gasteiger partial charge in [-0.15, -0.1) is 0 Å². The monoisotopic (exact) mass is 408 g/mol. The van der Waals surface area contributed by atoms with E-state index in [4.69, 9.17) is 16.3 Å². The first-order valence-corrected chi connectivity index (χ1v) is 9.04. The van der Waals surface area contributed by atoms with Crippen LogP contribution in [0.25, 0.3) is 11.2 Å². The van der Waals surface area contributed by atoms with Crippen LogP contribution < -0.4 is 0 Å². The minimum Gasteiger partial charge on any atom is -0.457 e. The Kier molecular flexibility index (Phi) is 4.79. The number of ether oxygens (including phenoxy) is 1. The van der Waals surface area contributed by atoms with Gasteiger partial charge in [-0.25, -0.2) is 13.9 Å². The Hall–Kier alpha value is -3.63. The SMILES string of the molecule is Cc1nn(-c2ccc(F)cc2)c(Cl)c1C(=O)OCc1cn2ccccc2c1C#N. The number of halogens is 2. The number of hydrogen-bond donors (Lipinski definition) is 0. The summed E-state index contributed by atoms with van der Waals surface area (Å²) in [6.07, 6.45) is 3.56. The first kappa shape index (κ1) is 18.7. The molecule has 0 unspecified atom stereocenters. The number of rotatable bonds is 4. The molecule has 0 spiro atoms. The van der Waals surface area contributed by atoms with Crippen molar-refractivity contribution in [2.45, 2.75) is 13.5 Å². The normalized spacial score (nSPS) is 10.8. The summed E-state index contributed by atoms with van der Waals surface area (Å²) in [7, 11) is 0. The van der Waals surface area contributed by atoms with Crippen molar-refractivity contribution in [3.63, 3.8) is 0 Å². The molecule has 0 radical (unpaired) electrons. The third-order valence-electron chi connectivity index (χ3n) is 4.51. The minimum atomic E-state index is -0.653. The molecule has 0 aliphatic carbocycles. The Morgan fingerprint density at radius 1 is 1.28 bits per heavy atom. The molecule has 144 valence electrons. The van der Waals surface area contributed by atoms with Gasteiger partial charge in [-0.2, -0.15) is 10.4 Å². The molecule has 3 heterocycles. The number of nitrogens with zero attached hydrogens (tertiary/aromatic N) is 4. The number of hydrogen-bond acceptors (Lipinski definition) is 4. The van der Waals surface area contributed by atoms with E-state index in [-0.39, 0.29) is 23.1 Å². The van der Waals surface area contributed by atoms with Crippen molar-refractivity contribution in [3.05, 3.63) is 88.2 Å². The van der Waals surface area contributed by atoms with Gasteiger partial charge in [0.1, 0.15) is 29.2 Å². The van der Waals surface area contributed by atoms with Crippen molar-refractivity contribution in [1.82, 2.24) is 14.2 Å². The lowest BCUT2D eigenvalue weighted by Crippen LogP contribution is -2.07. The fraction of sp³-hybridized carbons (Fsp3) is 0.0952. The average molecular weight is 409 g/mol. The number of fused-ring (bicyclic) bond motifs is 1. The zero-order valence-electron chi connectivity index (χ0n) is 15.3. The largest absolute Gasteiger partial charge is 0.457 e. The van der Waals surface area contributed by atoms with Crippen LogP contribution in [0.1, 0.15) is 27.2 Å². The Balaban J connectivity index is 1.60. The Bertz CT molecular complexity index is 1270. The Labute approximate surface area is 170 Å². The second-order valence-corrected chi connectivity index (χ2v) is 6.71. The predicted molar refractivity (Wildman–Crippen MR) is 105 cm³/mol. The summed E-state index contributed by atoms with van der Waals surface area (Å²) in [5.41, 5.74) is 2.79. The van der Waals surface area contributed by atoms with E-state index in [1.165, 1.54) is 28.9 Å². The number of pyridine rings is 1. The van der Waals surface area contributed by atoms with E-state index in [1.807, 2.05) is 24.4 Å². The number of carbonyl (C=O) groups excluding carboxylic acids is 1. The maximum Gasteiger partial charge on any atom is 0.343 e. The number of aryl methyl sites for hydroxylation is 1. The highest BCUT2D eigenvalue weighted by atomic mass is 35.5.